The van der Waals surface area contributed by atoms with Gasteiger partial charge in [0.2, 0.25) is 0 Å². The average molecular weight is 158 g/mol. The van der Waals surface area contributed by atoms with Gasteiger partial charge < -0.3 is 9.84 Å². The molecule has 0 aliphatic rings. The van der Waals surface area contributed by atoms with E-state index in [1.807, 2.05) is 0 Å². The molecule has 0 heterocycles. The van der Waals surface area contributed by atoms with Gasteiger partial charge in [0.1, 0.15) is 0 Å². The van der Waals surface area contributed by atoms with Gasteiger partial charge in [0, 0.05) is 14.2 Å². The van der Waals surface area contributed by atoms with E-state index in [1.165, 1.54) is 18.2 Å². The SMILES string of the molecule is COC.Oc1ccccc1F. The van der Waals surface area contributed by atoms with Crippen molar-refractivity contribution in [2.45, 2.75) is 0 Å². The number of phenols is 1. The first-order valence-electron chi connectivity index (χ1n) is 3.06. The maximum atomic E-state index is 12.1. The number of para-hydroxylation sites is 1. The molecule has 0 saturated carbocycles. The van der Waals surface area contributed by atoms with Crippen molar-refractivity contribution in [3.63, 3.8) is 0 Å². The Balaban J connectivity index is 0.000000292. The van der Waals surface area contributed by atoms with Crippen LogP contribution in [0.2, 0.25) is 0 Å². The van der Waals surface area contributed by atoms with E-state index in [0.717, 1.165) is 0 Å². The minimum atomic E-state index is -0.576. The van der Waals surface area contributed by atoms with Crippen molar-refractivity contribution in [2.24, 2.45) is 0 Å². The predicted molar refractivity (Wildman–Crippen MR) is 41.0 cm³/mol. The van der Waals surface area contributed by atoms with Crippen LogP contribution in [0, 0.1) is 5.82 Å². The average Bonchev–Trinajstić information content (AvgIpc) is 1.97. The van der Waals surface area contributed by atoms with Crippen molar-refractivity contribution >= 4 is 0 Å². The second-order valence-corrected chi connectivity index (χ2v) is 1.86. The Morgan fingerprint density at radius 1 is 1.27 bits per heavy atom. The summed E-state index contributed by atoms with van der Waals surface area (Å²) < 4.78 is 16.3. The third kappa shape index (κ3) is 4.33. The molecular formula is C8H11FO2. The molecule has 11 heavy (non-hydrogen) atoms. The number of benzene rings is 1. The topological polar surface area (TPSA) is 29.5 Å². The van der Waals surface area contributed by atoms with Gasteiger partial charge in [0.05, 0.1) is 0 Å². The van der Waals surface area contributed by atoms with Crippen LogP contribution in [0.1, 0.15) is 0 Å². The van der Waals surface area contributed by atoms with E-state index in [4.69, 9.17) is 5.11 Å². The number of hydrogen-bond donors (Lipinski definition) is 1. The van der Waals surface area contributed by atoms with Crippen LogP contribution in [0.4, 0.5) is 4.39 Å². The lowest BCUT2D eigenvalue weighted by molar-refractivity contribution is 0.277. The molecule has 1 aromatic carbocycles. The van der Waals surface area contributed by atoms with E-state index >= 15 is 0 Å². The van der Waals surface area contributed by atoms with E-state index in [2.05, 4.69) is 4.74 Å². The number of aromatic hydroxyl groups is 1. The molecule has 0 radical (unpaired) electrons. The van der Waals surface area contributed by atoms with Crippen molar-refractivity contribution in [3.05, 3.63) is 30.1 Å². The molecule has 0 aliphatic heterocycles. The molecule has 0 saturated heterocycles. The summed E-state index contributed by atoms with van der Waals surface area (Å²) in [4.78, 5) is 0. The minimum Gasteiger partial charge on any atom is -0.505 e. The maximum Gasteiger partial charge on any atom is 0.164 e. The molecule has 3 heteroatoms. The first-order chi connectivity index (χ1) is 5.22. The summed E-state index contributed by atoms with van der Waals surface area (Å²) in [5, 5.41) is 8.54. The largest absolute Gasteiger partial charge is 0.505 e. The summed E-state index contributed by atoms with van der Waals surface area (Å²) >= 11 is 0. The first kappa shape index (κ1) is 9.91. The van der Waals surface area contributed by atoms with E-state index in [9.17, 15) is 4.39 Å². The number of ether oxygens (including phenoxy) is 1. The van der Waals surface area contributed by atoms with Gasteiger partial charge in [-0.3, -0.25) is 0 Å². The Bertz CT molecular complexity index is 180. The Labute approximate surface area is 65.2 Å². The second-order valence-electron chi connectivity index (χ2n) is 1.86. The zero-order valence-corrected chi connectivity index (χ0v) is 6.54. The van der Waals surface area contributed by atoms with Gasteiger partial charge in [-0.15, -0.1) is 0 Å². The molecule has 0 aliphatic carbocycles. The van der Waals surface area contributed by atoms with Crippen molar-refractivity contribution in [1.82, 2.24) is 0 Å². The molecule has 62 valence electrons. The van der Waals surface area contributed by atoms with Crippen LogP contribution >= 0.6 is 0 Å². The number of rotatable bonds is 0. The van der Waals surface area contributed by atoms with Crippen LogP contribution in [-0.4, -0.2) is 19.3 Å². The first-order valence-corrected chi connectivity index (χ1v) is 3.06. The van der Waals surface area contributed by atoms with Gasteiger partial charge in [0.25, 0.3) is 0 Å². The van der Waals surface area contributed by atoms with Gasteiger partial charge in [-0.1, -0.05) is 12.1 Å². The Hall–Kier alpha value is -1.09. The standard InChI is InChI=1S/C6H5FO.C2H6O/c7-5-3-1-2-4-6(5)8;1-3-2/h1-4,8H;1-2H3. The molecule has 0 spiro atoms. The molecule has 0 aromatic heterocycles. The lowest BCUT2D eigenvalue weighted by atomic mass is 10.3. The quantitative estimate of drug-likeness (QED) is 0.623. The number of phenolic OH excluding ortho intramolecular Hbond substituents is 1. The fourth-order valence-corrected chi connectivity index (χ4v) is 0.452. The van der Waals surface area contributed by atoms with E-state index in [-0.39, 0.29) is 5.75 Å². The monoisotopic (exact) mass is 158 g/mol. The van der Waals surface area contributed by atoms with E-state index < -0.39 is 5.82 Å². The van der Waals surface area contributed by atoms with Crippen LogP contribution < -0.4 is 0 Å². The zero-order valence-electron chi connectivity index (χ0n) is 6.54. The summed E-state index contributed by atoms with van der Waals surface area (Å²) in [6, 6.07) is 5.60. The maximum absolute atomic E-state index is 12.1. The fourth-order valence-electron chi connectivity index (χ4n) is 0.452. The van der Waals surface area contributed by atoms with Crippen LogP contribution in [0.15, 0.2) is 24.3 Å². The molecule has 2 nitrogen and oxygen atoms in total. The molecule has 0 amide bonds. The van der Waals surface area contributed by atoms with Gasteiger partial charge in [-0.25, -0.2) is 4.39 Å². The van der Waals surface area contributed by atoms with Crippen molar-refractivity contribution in [2.75, 3.05) is 14.2 Å². The van der Waals surface area contributed by atoms with Gasteiger partial charge in [-0.2, -0.15) is 0 Å². The number of halogens is 1. The number of hydrogen-bond acceptors (Lipinski definition) is 2. The highest BCUT2D eigenvalue weighted by Gasteiger charge is 1.91. The van der Waals surface area contributed by atoms with Gasteiger partial charge in [0.15, 0.2) is 11.6 Å². The highest BCUT2D eigenvalue weighted by molar-refractivity contribution is 5.21. The van der Waals surface area contributed by atoms with Crippen molar-refractivity contribution in [3.8, 4) is 5.75 Å². The summed E-state index contributed by atoms with van der Waals surface area (Å²) in [5.41, 5.74) is 0. The molecule has 1 rings (SSSR count). The molecule has 1 N–H and O–H groups in total. The minimum absolute atomic E-state index is 0.299. The summed E-state index contributed by atoms with van der Waals surface area (Å²) in [6.07, 6.45) is 0. The Kier molecular flexibility index (Phi) is 5.11. The lowest BCUT2D eigenvalue weighted by Crippen LogP contribution is -1.70. The number of methoxy groups -OCH3 is 1. The third-order valence-corrected chi connectivity index (χ3v) is 0.852. The molecule has 0 bridgehead atoms. The molecule has 0 unspecified atom stereocenters. The van der Waals surface area contributed by atoms with Crippen molar-refractivity contribution in [1.29, 1.82) is 0 Å². The smallest absolute Gasteiger partial charge is 0.164 e. The summed E-state index contributed by atoms with van der Waals surface area (Å²) in [5.74, 6) is -0.875. The Morgan fingerprint density at radius 3 is 2.00 bits per heavy atom. The second kappa shape index (κ2) is 5.68. The van der Waals surface area contributed by atoms with E-state index in [1.54, 1.807) is 20.3 Å². The highest BCUT2D eigenvalue weighted by atomic mass is 19.1. The summed E-state index contributed by atoms with van der Waals surface area (Å²) in [6.45, 7) is 0. The normalized spacial score (nSPS) is 8.27. The lowest BCUT2D eigenvalue weighted by Gasteiger charge is -1.88. The van der Waals surface area contributed by atoms with Crippen LogP contribution in [-0.2, 0) is 4.74 Å². The molecule has 1 aromatic rings. The van der Waals surface area contributed by atoms with Crippen LogP contribution in [0.25, 0.3) is 0 Å². The highest BCUT2D eigenvalue weighted by Crippen LogP contribution is 2.11. The molecular weight excluding hydrogens is 147 g/mol. The van der Waals surface area contributed by atoms with Crippen molar-refractivity contribution < 1.29 is 14.2 Å². The van der Waals surface area contributed by atoms with Crippen LogP contribution in [0.3, 0.4) is 0 Å². The van der Waals surface area contributed by atoms with Gasteiger partial charge in [-0.05, 0) is 12.1 Å². The van der Waals surface area contributed by atoms with E-state index in [0.29, 0.717) is 0 Å². The zero-order chi connectivity index (χ0) is 8.69. The molecule has 0 fully saturated rings. The van der Waals surface area contributed by atoms with Gasteiger partial charge >= 0.3 is 0 Å². The Morgan fingerprint density at radius 2 is 1.73 bits per heavy atom. The molecule has 0 atom stereocenters. The van der Waals surface area contributed by atoms with Crippen LogP contribution in [0.5, 0.6) is 5.75 Å². The third-order valence-electron chi connectivity index (χ3n) is 0.852. The predicted octanol–water partition coefficient (Wildman–Crippen LogP) is 1.79. The fraction of sp³-hybridized carbons (Fsp3) is 0.250. The summed E-state index contributed by atoms with van der Waals surface area (Å²) in [7, 11) is 3.25.